The molecule has 3 heteroatoms. The number of nitrogens with one attached hydrogen (secondary N) is 1. The maximum atomic E-state index is 9.07. The number of fused-ring (bicyclic) bond motifs is 1. The molecule has 0 saturated carbocycles. The molecule has 0 spiro atoms. The molecule has 76 valence electrons. The summed E-state index contributed by atoms with van der Waals surface area (Å²) in [6.45, 7) is 5.89. The minimum absolute atomic E-state index is 0.291. The third kappa shape index (κ3) is 1.87. The lowest BCUT2D eigenvalue weighted by molar-refractivity contribution is 0.153. The number of aliphatic hydroxyl groups is 1. The first-order chi connectivity index (χ1) is 6.31. The van der Waals surface area contributed by atoms with Crippen LogP contribution in [-0.4, -0.2) is 48.3 Å². The molecule has 2 rings (SSSR count). The van der Waals surface area contributed by atoms with Crippen LogP contribution in [0.25, 0.3) is 0 Å². The van der Waals surface area contributed by atoms with Crippen molar-refractivity contribution in [1.29, 1.82) is 0 Å². The summed E-state index contributed by atoms with van der Waals surface area (Å²) in [7, 11) is 0. The van der Waals surface area contributed by atoms with Gasteiger partial charge in [0.2, 0.25) is 0 Å². The Labute approximate surface area is 80.1 Å². The van der Waals surface area contributed by atoms with E-state index in [0.717, 1.165) is 12.5 Å². The molecule has 3 unspecified atom stereocenters. The van der Waals surface area contributed by atoms with Crippen LogP contribution in [0.3, 0.4) is 0 Å². The van der Waals surface area contributed by atoms with Gasteiger partial charge in [-0.3, -0.25) is 4.90 Å². The summed E-state index contributed by atoms with van der Waals surface area (Å²) in [5.74, 6) is 0.836. The van der Waals surface area contributed by atoms with Gasteiger partial charge in [0.25, 0.3) is 0 Å². The van der Waals surface area contributed by atoms with Gasteiger partial charge in [-0.05, 0) is 32.2 Å². The summed E-state index contributed by atoms with van der Waals surface area (Å²) in [6.07, 6.45) is 2.69. The highest BCUT2D eigenvalue weighted by Gasteiger charge is 2.35. The van der Waals surface area contributed by atoms with Crippen molar-refractivity contribution in [2.45, 2.75) is 31.8 Å². The average Bonchev–Trinajstić information content (AvgIpc) is 2.59. The lowest BCUT2D eigenvalue weighted by atomic mass is 9.94. The second kappa shape index (κ2) is 3.95. The maximum Gasteiger partial charge on any atom is 0.0584 e. The molecule has 3 nitrogen and oxygen atoms in total. The molecule has 3 atom stereocenters. The van der Waals surface area contributed by atoms with Crippen LogP contribution in [-0.2, 0) is 0 Å². The van der Waals surface area contributed by atoms with E-state index in [1.807, 2.05) is 0 Å². The maximum absolute atomic E-state index is 9.07. The van der Waals surface area contributed by atoms with E-state index in [4.69, 9.17) is 5.11 Å². The molecule has 0 radical (unpaired) electrons. The highest BCUT2D eigenvalue weighted by Crippen LogP contribution is 2.25. The molecule has 0 bridgehead atoms. The quantitative estimate of drug-likeness (QED) is 0.636. The van der Waals surface area contributed by atoms with E-state index in [1.54, 1.807) is 0 Å². The van der Waals surface area contributed by atoms with Crippen LogP contribution in [0.4, 0.5) is 0 Å². The van der Waals surface area contributed by atoms with Crippen molar-refractivity contribution in [3.05, 3.63) is 0 Å². The van der Waals surface area contributed by atoms with Gasteiger partial charge in [0, 0.05) is 25.2 Å². The Morgan fingerprint density at radius 1 is 1.54 bits per heavy atom. The van der Waals surface area contributed by atoms with E-state index in [-0.39, 0.29) is 0 Å². The predicted molar refractivity (Wildman–Crippen MR) is 52.6 cm³/mol. The molecule has 2 heterocycles. The van der Waals surface area contributed by atoms with Crippen LogP contribution in [0, 0.1) is 5.92 Å². The number of likely N-dealkylation sites (tertiary alicyclic amines) is 1. The predicted octanol–water partition coefficient (Wildman–Crippen LogP) is 0.0510. The fraction of sp³-hybridized carbons (Fsp3) is 1.00. The third-order valence-electron chi connectivity index (χ3n) is 3.52. The summed E-state index contributed by atoms with van der Waals surface area (Å²) in [4.78, 5) is 2.41. The molecule has 2 N–H and O–H groups in total. The van der Waals surface area contributed by atoms with Crippen molar-refractivity contribution in [1.82, 2.24) is 10.2 Å². The molecule has 0 aromatic rings. The highest BCUT2D eigenvalue weighted by atomic mass is 16.3. The molecule has 2 fully saturated rings. The third-order valence-corrected chi connectivity index (χ3v) is 3.52. The van der Waals surface area contributed by atoms with E-state index in [9.17, 15) is 0 Å². The molecule has 2 saturated heterocycles. The largest absolute Gasteiger partial charge is 0.395 e. The number of nitrogens with zero attached hydrogens (tertiary/aromatic N) is 1. The summed E-state index contributed by atoms with van der Waals surface area (Å²) in [5, 5.41) is 12.6. The van der Waals surface area contributed by atoms with Crippen molar-refractivity contribution < 1.29 is 5.11 Å². The number of rotatable bonds is 2. The van der Waals surface area contributed by atoms with Gasteiger partial charge < -0.3 is 10.4 Å². The van der Waals surface area contributed by atoms with Gasteiger partial charge in [0.1, 0.15) is 0 Å². The highest BCUT2D eigenvalue weighted by molar-refractivity contribution is 4.93. The van der Waals surface area contributed by atoms with Crippen LogP contribution < -0.4 is 5.32 Å². The molecule has 0 aliphatic carbocycles. The van der Waals surface area contributed by atoms with Crippen LogP contribution in [0.2, 0.25) is 0 Å². The first-order valence-corrected chi connectivity index (χ1v) is 5.39. The van der Waals surface area contributed by atoms with E-state index < -0.39 is 0 Å². The topological polar surface area (TPSA) is 35.5 Å². The van der Waals surface area contributed by atoms with Gasteiger partial charge in [-0.15, -0.1) is 0 Å². The van der Waals surface area contributed by atoms with Crippen LogP contribution in [0.5, 0.6) is 0 Å². The van der Waals surface area contributed by atoms with E-state index in [1.165, 1.54) is 25.9 Å². The molecule has 2 aliphatic rings. The normalized spacial score (nSPS) is 37.4. The first kappa shape index (κ1) is 9.44. The zero-order valence-electron chi connectivity index (χ0n) is 8.37. The minimum atomic E-state index is 0.291. The van der Waals surface area contributed by atoms with Crippen molar-refractivity contribution in [3.63, 3.8) is 0 Å². The van der Waals surface area contributed by atoms with Gasteiger partial charge in [0.05, 0.1) is 6.61 Å². The number of piperidine rings is 1. The molecule has 0 aromatic heterocycles. The lowest BCUT2D eigenvalue weighted by Gasteiger charge is -2.24. The Morgan fingerprint density at radius 2 is 2.38 bits per heavy atom. The second-order valence-corrected chi connectivity index (χ2v) is 4.45. The summed E-state index contributed by atoms with van der Waals surface area (Å²) < 4.78 is 0. The Balaban J connectivity index is 1.91. The number of hydrogen-bond acceptors (Lipinski definition) is 3. The fourth-order valence-corrected chi connectivity index (χ4v) is 2.56. The van der Waals surface area contributed by atoms with Crippen molar-refractivity contribution in [2.75, 3.05) is 26.2 Å². The summed E-state index contributed by atoms with van der Waals surface area (Å²) >= 11 is 0. The Hall–Kier alpha value is -0.120. The lowest BCUT2D eigenvalue weighted by Crippen LogP contribution is -2.41. The molecule has 0 aromatic carbocycles. The Morgan fingerprint density at radius 3 is 3.08 bits per heavy atom. The molecule has 2 aliphatic heterocycles. The smallest absolute Gasteiger partial charge is 0.0584 e. The van der Waals surface area contributed by atoms with E-state index in [2.05, 4.69) is 17.1 Å². The number of hydrogen-bond donors (Lipinski definition) is 2. The van der Waals surface area contributed by atoms with Gasteiger partial charge in [-0.1, -0.05) is 0 Å². The van der Waals surface area contributed by atoms with Gasteiger partial charge >= 0.3 is 0 Å². The SMILES string of the molecule is CC(CO)N1CC2CCCNC2C1. The van der Waals surface area contributed by atoms with Gasteiger partial charge in [0.15, 0.2) is 0 Å². The van der Waals surface area contributed by atoms with E-state index >= 15 is 0 Å². The average molecular weight is 184 g/mol. The van der Waals surface area contributed by atoms with Crippen molar-refractivity contribution >= 4 is 0 Å². The zero-order chi connectivity index (χ0) is 9.26. The number of aliphatic hydroxyl groups excluding tert-OH is 1. The first-order valence-electron chi connectivity index (χ1n) is 5.39. The van der Waals surface area contributed by atoms with Crippen molar-refractivity contribution in [2.24, 2.45) is 5.92 Å². The fourth-order valence-electron chi connectivity index (χ4n) is 2.56. The standard InChI is InChI=1S/C10H20N2O/c1-8(7-13)12-5-9-3-2-4-11-10(9)6-12/h8-11,13H,2-7H2,1H3. The van der Waals surface area contributed by atoms with Crippen LogP contribution in [0.1, 0.15) is 19.8 Å². The molecular weight excluding hydrogens is 164 g/mol. The Bertz CT molecular complexity index is 160. The second-order valence-electron chi connectivity index (χ2n) is 4.45. The summed E-state index contributed by atoms with van der Waals surface area (Å²) in [6, 6.07) is 1.04. The van der Waals surface area contributed by atoms with E-state index in [0.29, 0.717) is 18.7 Å². The molecule has 0 amide bonds. The molecular formula is C10H20N2O. The monoisotopic (exact) mass is 184 g/mol. The minimum Gasteiger partial charge on any atom is -0.395 e. The Kier molecular flexibility index (Phi) is 2.86. The molecule has 13 heavy (non-hydrogen) atoms. The van der Waals surface area contributed by atoms with Gasteiger partial charge in [-0.25, -0.2) is 0 Å². The summed E-state index contributed by atoms with van der Waals surface area (Å²) in [5.41, 5.74) is 0. The van der Waals surface area contributed by atoms with Crippen molar-refractivity contribution in [3.8, 4) is 0 Å². The zero-order valence-corrected chi connectivity index (χ0v) is 8.37. The van der Waals surface area contributed by atoms with Crippen LogP contribution in [0.15, 0.2) is 0 Å². The van der Waals surface area contributed by atoms with Crippen LogP contribution >= 0.6 is 0 Å². The van der Waals surface area contributed by atoms with Gasteiger partial charge in [-0.2, -0.15) is 0 Å².